The highest BCUT2D eigenvalue weighted by atomic mass is 32.2. The second-order valence-electron chi connectivity index (χ2n) is 7.34. The van der Waals surface area contributed by atoms with Gasteiger partial charge in [0.15, 0.2) is 9.84 Å². The van der Waals surface area contributed by atoms with Crippen molar-refractivity contribution in [3.05, 3.63) is 53.9 Å². The third-order valence-corrected chi connectivity index (χ3v) is 8.35. The maximum Gasteiger partial charge on any atom is 0.268 e. The van der Waals surface area contributed by atoms with E-state index >= 15 is 0 Å². The monoisotopic (exact) mass is 471 g/mol. The number of nitrogens with zero attached hydrogens (tertiary/aromatic N) is 4. The Hall–Kier alpha value is -3.02. The number of benzene rings is 1. The van der Waals surface area contributed by atoms with Crippen LogP contribution in [0.5, 0.6) is 0 Å². The van der Waals surface area contributed by atoms with Crippen molar-refractivity contribution in [3.8, 4) is 33.6 Å². The molecule has 4 heterocycles. The Kier molecular flexibility index (Phi) is 5.53. The second kappa shape index (κ2) is 8.49. The minimum Gasteiger partial charge on any atom is -0.414 e. The Morgan fingerprint density at radius 2 is 1.84 bits per heavy atom. The van der Waals surface area contributed by atoms with E-state index in [1.54, 1.807) is 35.8 Å². The van der Waals surface area contributed by atoms with Gasteiger partial charge in [-0.05, 0) is 43.0 Å². The molecule has 0 spiro atoms. The number of halogens is 1. The largest absolute Gasteiger partial charge is 0.414 e. The Bertz CT molecular complexity index is 1350. The maximum atomic E-state index is 13.8. The van der Waals surface area contributed by atoms with Gasteiger partial charge in [0.25, 0.3) is 11.8 Å². The first-order chi connectivity index (χ1) is 15.5. The summed E-state index contributed by atoms with van der Waals surface area (Å²) in [6.45, 7) is 1.32. The average Bonchev–Trinajstić information content (AvgIpc) is 3.49. The molecule has 1 unspecified atom stereocenters. The van der Waals surface area contributed by atoms with Crippen LogP contribution in [0.15, 0.2) is 57.4 Å². The molecule has 1 aliphatic rings. The molecule has 1 saturated heterocycles. The smallest absolute Gasteiger partial charge is 0.268 e. The predicted molar refractivity (Wildman–Crippen MR) is 117 cm³/mol. The Morgan fingerprint density at radius 1 is 1.06 bits per heavy atom. The van der Waals surface area contributed by atoms with Gasteiger partial charge in [0.1, 0.15) is 16.4 Å². The molecule has 0 amide bonds. The number of rotatable bonds is 5. The average molecular weight is 472 g/mol. The van der Waals surface area contributed by atoms with Gasteiger partial charge < -0.3 is 9.73 Å². The number of nitrogens with one attached hydrogen (secondary N) is 1. The standard InChI is InChI=1S/C21H18FN5O3S2/c22-16-7-9-31-19(16)21-27-26-20(30-21)18-12-24-11-17(25-18)13-3-5-14(6-4-13)32(28,29)15-2-1-8-23-10-15/h3-7,9,11-12,15,23H,1-2,8,10H2. The van der Waals surface area contributed by atoms with Crippen molar-refractivity contribution in [1.82, 2.24) is 25.5 Å². The molecule has 11 heteroatoms. The van der Waals surface area contributed by atoms with Crippen LogP contribution in [-0.2, 0) is 9.84 Å². The van der Waals surface area contributed by atoms with Crippen LogP contribution in [0.3, 0.4) is 0 Å². The van der Waals surface area contributed by atoms with Crippen molar-refractivity contribution >= 4 is 21.2 Å². The van der Waals surface area contributed by atoms with Crippen LogP contribution < -0.4 is 5.32 Å². The van der Waals surface area contributed by atoms with Crippen LogP contribution in [0.25, 0.3) is 33.6 Å². The van der Waals surface area contributed by atoms with E-state index < -0.39 is 20.9 Å². The van der Waals surface area contributed by atoms with E-state index in [0.29, 0.717) is 34.8 Å². The quantitative estimate of drug-likeness (QED) is 0.470. The summed E-state index contributed by atoms with van der Waals surface area (Å²) >= 11 is 1.16. The van der Waals surface area contributed by atoms with Crippen molar-refractivity contribution in [3.63, 3.8) is 0 Å². The number of hydrogen-bond acceptors (Lipinski definition) is 9. The summed E-state index contributed by atoms with van der Waals surface area (Å²) in [7, 11) is -3.40. The van der Waals surface area contributed by atoms with Crippen molar-refractivity contribution < 1.29 is 17.2 Å². The molecule has 3 aromatic heterocycles. The van der Waals surface area contributed by atoms with E-state index in [0.717, 1.165) is 24.3 Å². The molecule has 1 aromatic carbocycles. The summed E-state index contributed by atoms with van der Waals surface area (Å²) in [5.74, 6) is -0.235. The van der Waals surface area contributed by atoms with Crippen molar-refractivity contribution in [2.45, 2.75) is 23.0 Å². The highest BCUT2D eigenvalue weighted by Gasteiger charge is 2.28. The molecule has 1 N–H and O–H groups in total. The SMILES string of the molecule is O=S(=O)(c1ccc(-c2cncc(-c3nnc(-c4sccc4F)o3)n2)cc1)C1CCCNC1. The number of aromatic nitrogens is 4. The Balaban J connectivity index is 1.40. The molecule has 0 aliphatic carbocycles. The number of hydrogen-bond donors (Lipinski definition) is 1. The van der Waals surface area contributed by atoms with Crippen molar-refractivity contribution in [2.24, 2.45) is 0 Å². The summed E-state index contributed by atoms with van der Waals surface area (Å²) in [4.78, 5) is 9.24. The topological polar surface area (TPSA) is 111 Å². The molecule has 0 bridgehead atoms. The summed E-state index contributed by atoms with van der Waals surface area (Å²) in [6.07, 6.45) is 4.54. The van der Waals surface area contributed by atoms with Gasteiger partial charge in [0, 0.05) is 12.1 Å². The lowest BCUT2D eigenvalue weighted by atomic mass is 10.1. The van der Waals surface area contributed by atoms with Gasteiger partial charge in [-0.25, -0.2) is 17.8 Å². The predicted octanol–water partition coefficient (Wildman–Crippen LogP) is 3.59. The number of sulfone groups is 1. The molecule has 4 aromatic rings. The van der Waals surface area contributed by atoms with Gasteiger partial charge in [-0.2, -0.15) is 0 Å². The fourth-order valence-electron chi connectivity index (χ4n) is 3.57. The van der Waals surface area contributed by atoms with Crippen LogP contribution in [0.1, 0.15) is 12.8 Å². The lowest BCUT2D eigenvalue weighted by molar-refractivity contribution is 0.497. The third-order valence-electron chi connectivity index (χ3n) is 5.26. The van der Waals surface area contributed by atoms with Crippen LogP contribution in [0.4, 0.5) is 4.39 Å². The van der Waals surface area contributed by atoms with Gasteiger partial charge in [-0.15, -0.1) is 21.5 Å². The molecule has 32 heavy (non-hydrogen) atoms. The van der Waals surface area contributed by atoms with E-state index in [1.165, 1.54) is 12.3 Å². The van der Waals surface area contributed by atoms with Crippen molar-refractivity contribution in [2.75, 3.05) is 13.1 Å². The maximum absolute atomic E-state index is 13.8. The zero-order chi connectivity index (χ0) is 22.1. The van der Waals surface area contributed by atoms with Crippen LogP contribution in [0.2, 0.25) is 0 Å². The zero-order valence-electron chi connectivity index (χ0n) is 16.7. The molecule has 1 fully saturated rings. The van der Waals surface area contributed by atoms with Gasteiger partial charge in [-0.1, -0.05) is 12.1 Å². The molecule has 0 radical (unpaired) electrons. The van der Waals surface area contributed by atoms with Crippen LogP contribution >= 0.6 is 11.3 Å². The summed E-state index contributed by atoms with van der Waals surface area (Å²) in [5.41, 5.74) is 1.56. The van der Waals surface area contributed by atoms with E-state index in [2.05, 4.69) is 25.5 Å². The molecular formula is C21H18FN5O3S2. The first-order valence-corrected chi connectivity index (χ1v) is 12.4. The molecule has 5 rings (SSSR count). The van der Waals surface area contributed by atoms with Gasteiger partial charge in [0.05, 0.1) is 28.2 Å². The molecule has 1 aliphatic heterocycles. The molecule has 164 valence electrons. The fourth-order valence-corrected chi connectivity index (χ4v) is 5.97. The van der Waals surface area contributed by atoms with E-state index in [-0.39, 0.29) is 16.7 Å². The summed E-state index contributed by atoms with van der Waals surface area (Å²) in [6, 6.07) is 7.93. The minimum atomic E-state index is -3.40. The van der Waals surface area contributed by atoms with E-state index in [1.807, 2.05) is 0 Å². The van der Waals surface area contributed by atoms with E-state index in [9.17, 15) is 12.8 Å². The Labute approximate surface area is 187 Å². The third kappa shape index (κ3) is 3.94. The first kappa shape index (κ1) is 20.9. The van der Waals surface area contributed by atoms with Gasteiger partial charge in [0.2, 0.25) is 0 Å². The fraction of sp³-hybridized carbons (Fsp3) is 0.238. The zero-order valence-corrected chi connectivity index (χ0v) is 18.4. The summed E-state index contributed by atoms with van der Waals surface area (Å²) in [5, 5.41) is 12.2. The number of piperidine rings is 1. The highest BCUT2D eigenvalue weighted by Crippen LogP contribution is 2.30. The minimum absolute atomic E-state index is 0.0754. The first-order valence-electron chi connectivity index (χ1n) is 9.97. The molecule has 8 nitrogen and oxygen atoms in total. The van der Waals surface area contributed by atoms with Crippen LogP contribution in [-0.4, -0.2) is 46.9 Å². The highest BCUT2D eigenvalue weighted by molar-refractivity contribution is 7.92. The lowest BCUT2D eigenvalue weighted by Crippen LogP contribution is -2.38. The lowest BCUT2D eigenvalue weighted by Gasteiger charge is -2.22. The van der Waals surface area contributed by atoms with Gasteiger partial charge in [-0.3, -0.25) is 4.98 Å². The van der Waals surface area contributed by atoms with Gasteiger partial charge >= 0.3 is 0 Å². The molecular weight excluding hydrogens is 453 g/mol. The normalized spacial score (nSPS) is 16.8. The molecule has 1 atom stereocenters. The second-order valence-corrected chi connectivity index (χ2v) is 10.5. The van der Waals surface area contributed by atoms with Crippen molar-refractivity contribution in [1.29, 1.82) is 0 Å². The van der Waals surface area contributed by atoms with Crippen LogP contribution in [0, 0.1) is 5.82 Å². The number of thiophene rings is 1. The molecule has 0 saturated carbocycles. The summed E-state index contributed by atoms with van der Waals surface area (Å²) < 4.78 is 45.1. The van der Waals surface area contributed by atoms with E-state index in [4.69, 9.17) is 4.42 Å². The Morgan fingerprint density at radius 3 is 2.56 bits per heavy atom.